The van der Waals surface area contributed by atoms with Gasteiger partial charge in [-0.15, -0.1) is 0 Å². The van der Waals surface area contributed by atoms with Gasteiger partial charge in [0.1, 0.15) is 5.82 Å². The van der Waals surface area contributed by atoms with Crippen LogP contribution in [0.25, 0.3) is 0 Å². The van der Waals surface area contributed by atoms with E-state index in [1.54, 1.807) is 0 Å². The van der Waals surface area contributed by atoms with E-state index in [4.69, 9.17) is 4.98 Å². The Labute approximate surface area is 147 Å². The summed E-state index contributed by atoms with van der Waals surface area (Å²) in [5.41, 5.74) is 3.36. The first-order valence-corrected chi connectivity index (χ1v) is 8.78. The molecular formula is C19H22N6. The molecule has 1 saturated heterocycles. The van der Waals surface area contributed by atoms with E-state index in [9.17, 15) is 0 Å². The van der Waals surface area contributed by atoms with Gasteiger partial charge in [0.25, 0.3) is 0 Å². The predicted molar refractivity (Wildman–Crippen MR) is 99.4 cm³/mol. The van der Waals surface area contributed by atoms with Crippen LogP contribution in [0.2, 0.25) is 0 Å². The zero-order chi connectivity index (χ0) is 17.1. The standard InChI is InChI=1S/C19H22N6/c1-2-15-12-18(24-23-15)21-17-13-16(11-14-7-4-3-5-8-14)20-19(22-17)25-9-6-10-25/h3-5,7-8,12-13H,2,6,9-11H2,1H3,(H2,20,21,22,23,24). The summed E-state index contributed by atoms with van der Waals surface area (Å²) < 4.78 is 0. The minimum Gasteiger partial charge on any atom is -0.341 e. The van der Waals surface area contributed by atoms with Crippen LogP contribution in [0.15, 0.2) is 42.5 Å². The molecule has 128 valence electrons. The van der Waals surface area contributed by atoms with Gasteiger partial charge in [0.15, 0.2) is 5.82 Å². The summed E-state index contributed by atoms with van der Waals surface area (Å²) in [4.78, 5) is 11.6. The highest BCUT2D eigenvalue weighted by molar-refractivity contribution is 5.55. The largest absolute Gasteiger partial charge is 0.341 e. The Morgan fingerprint density at radius 3 is 2.60 bits per heavy atom. The summed E-state index contributed by atoms with van der Waals surface area (Å²) in [5.74, 6) is 2.38. The van der Waals surface area contributed by atoms with Crippen LogP contribution in [-0.4, -0.2) is 33.3 Å². The molecule has 1 aliphatic rings. The van der Waals surface area contributed by atoms with E-state index in [1.807, 2.05) is 18.2 Å². The number of anilines is 3. The Kier molecular flexibility index (Phi) is 4.33. The Hall–Kier alpha value is -2.89. The highest BCUT2D eigenvalue weighted by atomic mass is 15.3. The Morgan fingerprint density at radius 1 is 1.08 bits per heavy atom. The lowest BCUT2D eigenvalue weighted by molar-refractivity contribution is 0.599. The monoisotopic (exact) mass is 334 g/mol. The van der Waals surface area contributed by atoms with Crippen molar-refractivity contribution >= 4 is 17.6 Å². The van der Waals surface area contributed by atoms with Gasteiger partial charge >= 0.3 is 0 Å². The third kappa shape index (κ3) is 3.63. The first kappa shape index (κ1) is 15.6. The van der Waals surface area contributed by atoms with Gasteiger partial charge in [-0.25, -0.2) is 4.98 Å². The topological polar surface area (TPSA) is 69.7 Å². The summed E-state index contributed by atoms with van der Waals surface area (Å²) in [6.07, 6.45) is 2.92. The van der Waals surface area contributed by atoms with Crippen LogP contribution in [-0.2, 0) is 12.8 Å². The number of hydrogen-bond acceptors (Lipinski definition) is 5. The normalized spacial score (nSPS) is 13.6. The molecule has 2 N–H and O–H groups in total. The van der Waals surface area contributed by atoms with E-state index in [2.05, 4.69) is 56.6 Å². The number of rotatable bonds is 6. The SMILES string of the molecule is CCc1cc(Nc2cc(Cc3ccccc3)nc(N3CCC3)n2)n[nH]1. The molecule has 4 rings (SSSR count). The Bertz CT molecular complexity index is 838. The van der Waals surface area contributed by atoms with Gasteiger partial charge in [-0.3, -0.25) is 5.10 Å². The average molecular weight is 334 g/mol. The minimum absolute atomic E-state index is 0.788. The molecular weight excluding hydrogens is 312 g/mol. The maximum atomic E-state index is 4.76. The van der Waals surface area contributed by atoms with Crippen molar-refractivity contribution in [3.63, 3.8) is 0 Å². The minimum atomic E-state index is 0.788. The van der Waals surface area contributed by atoms with E-state index in [0.29, 0.717) is 0 Å². The van der Waals surface area contributed by atoms with Gasteiger partial charge in [-0.05, 0) is 18.4 Å². The molecule has 0 aliphatic carbocycles. The van der Waals surface area contributed by atoms with Crippen molar-refractivity contribution in [2.24, 2.45) is 0 Å². The van der Waals surface area contributed by atoms with E-state index >= 15 is 0 Å². The molecule has 1 fully saturated rings. The summed E-state index contributed by atoms with van der Waals surface area (Å²) in [5, 5.41) is 10.6. The first-order valence-electron chi connectivity index (χ1n) is 8.78. The summed E-state index contributed by atoms with van der Waals surface area (Å²) in [6.45, 7) is 4.15. The molecule has 3 heterocycles. The summed E-state index contributed by atoms with van der Waals surface area (Å²) >= 11 is 0. The molecule has 0 saturated carbocycles. The highest BCUT2D eigenvalue weighted by Crippen LogP contribution is 2.22. The van der Waals surface area contributed by atoms with Crippen LogP contribution in [0.5, 0.6) is 0 Å². The number of benzene rings is 1. The number of aryl methyl sites for hydroxylation is 1. The molecule has 0 radical (unpaired) electrons. The fourth-order valence-electron chi connectivity index (χ4n) is 2.84. The molecule has 0 atom stereocenters. The summed E-state index contributed by atoms with van der Waals surface area (Å²) in [6, 6.07) is 14.4. The molecule has 3 aromatic rings. The lowest BCUT2D eigenvalue weighted by Crippen LogP contribution is -2.38. The second kappa shape index (κ2) is 6.93. The van der Waals surface area contributed by atoms with Gasteiger partial charge in [0, 0.05) is 37.3 Å². The molecule has 2 aromatic heterocycles. The molecule has 0 unspecified atom stereocenters. The van der Waals surface area contributed by atoms with E-state index < -0.39 is 0 Å². The van der Waals surface area contributed by atoms with Crippen molar-refractivity contribution in [2.75, 3.05) is 23.3 Å². The second-order valence-corrected chi connectivity index (χ2v) is 6.30. The maximum Gasteiger partial charge on any atom is 0.227 e. The number of H-pyrrole nitrogens is 1. The molecule has 1 aliphatic heterocycles. The highest BCUT2D eigenvalue weighted by Gasteiger charge is 2.19. The predicted octanol–water partition coefficient (Wildman–Crippen LogP) is 3.31. The quantitative estimate of drug-likeness (QED) is 0.724. The number of aromatic nitrogens is 4. The third-order valence-corrected chi connectivity index (χ3v) is 4.40. The molecule has 0 bridgehead atoms. The third-order valence-electron chi connectivity index (χ3n) is 4.40. The van der Waals surface area contributed by atoms with E-state index in [0.717, 1.165) is 54.9 Å². The van der Waals surface area contributed by atoms with Crippen LogP contribution in [0, 0.1) is 0 Å². The molecule has 25 heavy (non-hydrogen) atoms. The zero-order valence-corrected chi connectivity index (χ0v) is 14.4. The van der Waals surface area contributed by atoms with Crippen molar-refractivity contribution in [1.82, 2.24) is 20.2 Å². The molecule has 0 amide bonds. The number of aromatic amines is 1. The van der Waals surface area contributed by atoms with Crippen LogP contribution in [0.4, 0.5) is 17.6 Å². The van der Waals surface area contributed by atoms with Crippen molar-refractivity contribution in [3.05, 3.63) is 59.4 Å². The van der Waals surface area contributed by atoms with Gasteiger partial charge in [-0.1, -0.05) is 37.3 Å². The van der Waals surface area contributed by atoms with Crippen LogP contribution < -0.4 is 10.2 Å². The van der Waals surface area contributed by atoms with Gasteiger partial charge in [-0.2, -0.15) is 10.1 Å². The van der Waals surface area contributed by atoms with Crippen LogP contribution in [0.3, 0.4) is 0 Å². The number of hydrogen-bond donors (Lipinski definition) is 2. The van der Waals surface area contributed by atoms with Crippen molar-refractivity contribution in [2.45, 2.75) is 26.2 Å². The average Bonchev–Trinajstić information content (AvgIpc) is 3.01. The fourth-order valence-corrected chi connectivity index (χ4v) is 2.84. The first-order chi connectivity index (χ1) is 12.3. The van der Waals surface area contributed by atoms with Crippen molar-refractivity contribution in [3.8, 4) is 0 Å². The van der Waals surface area contributed by atoms with Crippen molar-refractivity contribution in [1.29, 1.82) is 0 Å². The molecule has 0 spiro atoms. The Balaban J connectivity index is 1.61. The zero-order valence-electron chi connectivity index (χ0n) is 14.4. The number of nitrogens with zero attached hydrogens (tertiary/aromatic N) is 4. The fraction of sp³-hybridized carbons (Fsp3) is 0.316. The Morgan fingerprint density at radius 2 is 1.92 bits per heavy atom. The number of nitrogens with one attached hydrogen (secondary N) is 2. The molecule has 6 heteroatoms. The smallest absolute Gasteiger partial charge is 0.227 e. The molecule has 1 aromatic carbocycles. The van der Waals surface area contributed by atoms with Gasteiger partial charge in [0.05, 0.1) is 5.69 Å². The van der Waals surface area contributed by atoms with Crippen molar-refractivity contribution < 1.29 is 0 Å². The second-order valence-electron chi connectivity index (χ2n) is 6.30. The van der Waals surface area contributed by atoms with E-state index in [1.165, 1.54) is 12.0 Å². The van der Waals surface area contributed by atoms with Gasteiger partial charge < -0.3 is 10.2 Å². The van der Waals surface area contributed by atoms with E-state index in [-0.39, 0.29) is 0 Å². The summed E-state index contributed by atoms with van der Waals surface area (Å²) in [7, 11) is 0. The van der Waals surface area contributed by atoms with Crippen LogP contribution >= 0.6 is 0 Å². The lowest BCUT2D eigenvalue weighted by atomic mass is 10.1. The molecule has 6 nitrogen and oxygen atoms in total. The maximum absolute atomic E-state index is 4.76. The van der Waals surface area contributed by atoms with Crippen LogP contribution in [0.1, 0.15) is 30.3 Å². The van der Waals surface area contributed by atoms with Gasteiger partial charge in [0.2, 0.25) is 5.95 Å². The lowest BCUT2D eigenvalue weighted by Gasteiger charge is -2.31.